The van der Waals surface area contributed by atoms with Crippen molar-refractivity contribution < 1.29 is 0 Å². The van der Waals surface area contributed by atoms with Gasteiger partial charge in [-0.25, -0.2) is 0 Å². The molecule has 310 valence electrons. The van der Waals surface area contributed by atoms with Gasteiger partial charge < -0.3 is 0 Å². The Hall–Kier alpha value is -7.36. The molecule has 0 amide bonds. The van der Waals surface area contributed by atoms with Gasteiger partial charge in [-0.1, -0.05) is 18.2 Å². The summed E-state index contributed by atoms with van der Waals surface area (Å²) in [5.41, 5.74) is 10.5. The number of benzene rings is 12. The molecule has 0 radical (unpaired) electrons. The Labute approximate surface area is 400 Å². The van der Waals surface area contributed by atoms with E-state index in [1.54, 1.807) is 0 Å². The van der Waals surface area contributed by atoms with Crippen molar-refractivity contribution >= 4 is 140 Å². The molecular weight excluding hydrogens is 912 g/mol. The molecule has 0 atom stereocenters. The van der Waals surface area contributed by atoms with Crippen molar-refractivity contribution in [3.63, 3.8) is 0 Å². The quantitative estimate of drug-likeness (QED) is 0.122. The molecule has 3 heteroatoms. The summed E-state index contributed by atoms with van der Waals surface area (Å²) in [5.74, 6) is 0. The van der Waals surface area contributed by atoms with Crippen LogP contribution in [-0.4, -0.2) is 14.5 Å². The van der Waals surface area contributed by atoms with E-state index in [1.165, 1.54) is 147 Å². The third-order valence-electron chi connectivity index (χ3n) is 14.3. The zero-order valence-corrected chi connectivity index (χ0v) is 39.4. The number of fused-ring (bicyclic) bond motifs is 13. The van der Waals surface area contributed by atoms with Crippen LogP contribution in [0.2, 0.25) is 0 Å². The van der Waals surface area contributed by atoms with Gasteiger partial charge in [0, 0.05) is 0 Å². The van der Waals surface area contributed by atoms with Crippen LogP contribution in [0, 0.1) is 0 Å². The molecule has 0 saturated heterocycles. The van der Waals surface area contributed by atoms with Crippen molar-refractivity contribution in [2.45, 2.75) is 0 Å². The zero-order chi connectivity index (χ0) is 43.7. The van der Waals surface area contributed by atoms with Gasteiger partial charge in [0.1, 0.15) is 0 Å². The van der Waals surface area contributed by atoms with Crippen molar-refractivity contribution in [1.82, 2.24) is 0 Å². The first-order valence-corrected chi connectivity index (χ1v) is 26.3. The van der Waals surface area contributed by atoms with E-state index in [0.717, 1.165) is 0 Å². The summed E-state index contributed by atoms with van der Waals surface area (Å²) >= 11 is 3.95. The summed E-state index contributed by atoms with van der Waals surface area (Å²) in [6.07, 6.45) is 0. The Kier molecular flexibility index (Phi) is 8.22. The number of hydrogen-bond donors (Lipinski definition) is 0. The summed E-state index contributed by atoms with van der Waals surface area (Å²) < 4.78 is 8.28. The van der Waals surface area contributed by atoms with Crippen molar-refractivity contribution in [1.29, 1.82) is 0 Å². The summed E-state index contributed by atoms with van der Waals surface area (Å²) in [6.45, 7) is 0. The predicted octanol–water partition coefficient (Wildman–Crippen LogP) is 19.1. The molecule has 0 aliphatic carbocycles. The Morgan fingerprint density at radius 1 is 0.254 bits per heavy atom. The Morgan fingerprint density at radius 2 is 0.612 bits per heavy atom. The van der Waals surface area contributed by atoms with E-state index in [1.807, 2.05) is 22.7 Å². The second-order valence-electron chi connectivity index (χ2n) is 17.7. The molecule has 12 aromatic carbocycles. The van der Waals surface area contributed by atoms with Crippen LogP contribution in [0.25, 0.3) is 147 Å². The monoisotopic (exact) mass is 948 g/mol. The van der Waals surface area contributed by atoms with E-state index in [0.29, 0.717) is 0 Å². The molecule has 0 nitrogen and oxygen atoms in total. The summed E-state index contributed by atoms with van der Waals surface area (Å²) in [7, 11) is 0. The van der Waals surface area contributed by atoms with E-state index >= 15 is 0 Å². The third-order valence-corrected chi connectivity index (χ3v) is 19.3. The molecule has 0 bridgehead atoms. The third kappa shape index (κ3) is 5.46. The summed E-state index contributed by atoms with van der Waals surface area (Å²) in [4.78, 5) is 0. The van der Waals surface area contributed by atoms with Gasteiger partial charge in [0.15, 0.2) is 0 Å². The van der Waals surface area contributed by atoms with Gasteiger partial charge >= 0.3 is 379 Å². The Morgan fingerprint density at radius 3 is 1.07 bits per heavy atom. The molecule has 0 fully saturated rings. The molecule has 15 aromatic rings. The molecule has 0 N–H and O–H groups in total. The van der Waals surface area contributed by atoms with Gasteiger partial charge in [0.05, 0.1) is 0 Å². The second kappa shape index (κ2) is 14.6. The van der Waals surface area contributed by atoms with Gasteiger partial charge in [-0.15, -0.1) is 0 Å². The van der Waals surface area contributed by atoms with Crippen LogP contribution in [-0.2, 0) is 0 Å². The molecule has 15 rings (SSSR count). The first-order chi connectivity index (χ1) is 33.3. The number of rotatable bonds is 4. The first kappa shape index (κ1) is 37.8. The molecule has 0 spiro atoms. The van der Waals surface area contributed by atoms with Crippen LogP contribution in [0.5, 0.6) is 0 Å². The molecule has 3 aromatic heterocycles. The SMILES string of the molecule is c1ccc2c(c1)sc1c(-c3c4ccccc4c(-c4ccc5[se]c6c(-c7c8ccccc8c(-c8cccc9c8sc8ccccc89)c8ccccc78)cccc6c5c4)c4ccccc34)cccc12. The molecule has 0 saturated carbocycles. The van der Waals surface area contributed by atoms with Crippen molar-refractivity contribution in [3.8, 4) is 44.5 Å². The molecule has 3 heterocycles. The van der Waals surface area contributed by atoms with Gasteiger partial charge in [0.2, 0.25) is 0 Å². The van der Waals surface area contributed by atoms with Crippen LogP contribution in [0.4, 0.5) is 0 Å². The van der Waals surface area contributed by atoms with Crippen molar-refractivity contribution in [2.75, 3.05) is 0 Å². The van der Waals surface area contributed by atoms with E-state index in [9.17, 15) is 0 Å². The zero-order valence-electron chi connectivity index (χ0n) is 36.0. The molecule has 0 aliphatic rings. The van der Waals surface area contributed by atoms with E-state index in [2.05, 4.69) is 218 Å². The van der Waals surface area contributed by atoms with E-state index in [-0.39, 0.29) is 14.5 Å². The van der Waals surface area contributed by atoms with Gasteiger partial charge in [0.25, 0.3) is 0 Å². The first-order valence-electron chi connectivity index (χ1n) is 22.9. The topological polar surface area (TPSA) is 0 Å². The van der Waals surface area contributed by atoms with Crippen LogP contribution in [0.1, 0.15) is 0 Å². The Bertz CT molecular complexity index is 4470. The molecule has 0 aliphatic heterocycles. The van der Waals surface area contributed by atoms with E-state index in [4.69, 9.17) is 0 Å². The maximum atomic E-state index is 2.51. The predicted molar refractivity (Wildman–Crippen MR) is 296 cm³/mol. The average molecular weight is 948 g/mol. The standard InChI is InChI=1S/C64H36S2Se/c1-3-20-42-40(18-1)58(41-19-2-4-21-43(41)59(42)51-29-13-26-48-38-16-9-11-32-55(38)65-62(48)51)37-34-35-57-54(36-37)50-28-15-31-53(64(50)67-57)61-46-24-7-5-22-44(46)60(45-23-6-8-25-47(45)61)52-30-14-27-49-39-17-10-12-33-56(39)66-63(49)52/h1-36H. The minimum atomic E-state index is 0.125. The van der Waals surface area contributed by atoms with Gasteiger partial charge in [-0.3, -0.25) is 0 Å². The number of hydrogen-bond acceptors (Lipinski definition) is 2. The maximum absolute atomic E-state index is 2.51. The van der Waals surface area contributed by atoms with Crippen LogP contribution in [0.3, 0.4) is 0 Å². The Balaban J connectivity index is 0.956. The van der Waals surface area contributed by atoms with Crippen LogP contribution in [0.15, 0.2) is 218 Å². The average Bonchev–Trinajstić information content (AvgIpc) is 4.09. The molecule has 0 unspecified atom stereocenters. The normalized spacial score (nSPS) is 12.2. The molecule has 67 heavy (non-hydrogen) atoms. The van der Waals surface area contributed by atoms with Crippen molar-refractivity contribution in [2.24, 2.45) is 0 Å². The van der Waals surface area contributed by atoms with Crippen molar-refractivity contribution in [3.05, 3.63) is 218 Å². The van der Waals surface area contributed by atoms with E-state index < -0.39 is 0 Å². The van der Waals surface area contributed by atoms with Gasteiger partial charge in [-0.05, 0) is 6.07 Å². The second-order valence-corrected chi connectivity index (χ2v) is 22.1. The summed E-state index contributed by atoms with van der Waals surface area (Å²) in [6, 6.07) is 82.4. The fourth-order valence-electron chi connectivity index (χ4n) is 11.5. The van der Waals surface area contributed by atoms with Crippen LogP contribution >= 0.6 is 22.7 Å². The molecular formula is C64H36S2Se. The fraction of sp³-hybridized carbons (Fsp3) is 0. The fourth-order valence-corrected chi connectivity index (χ4v) is 16.4. The van der Waals surface area contributed by atoms with Crippen LogP contribution < -0.4 is 0 Å². The minimum absolute atomic E-state index is 0.125. The number of thiophene rings is 2. The summed E-state index contributed by atoms with van der Waals surface area (Å²) in [5, 5.41) is 18.4. The van der Waals surface area contributed by atoms with Gasteiger partial charge in [-0.2, -0.15) is 0 Å².